The predicted octanol–water partition coefficient (Wildman–Crippen LogP) is 4.41. The van der Waals surface area contributed by atoms with Crippen LogP contribution in [0.2, 0.25) is 0 Å². The van der Waals surface area contributed by atoms with E-state index < -0.39 is 12.6 Å². The van der Waals surface area contributed by atoms with Crippen LogP contribution < -0.4 is 15.4 Å². The smallest absolute Gasteiger partial charge is 0.280 e. The second kappa shape index (κ2) is 6.21. The number of benzene rings is 1. The lowest BCUT2D eigenvalue weighted by Gasteiger charge is -2.26. The summed E-state index contributed by atoms with van der Waals surface area (Å²) in [6.45, 7) is 1.75. The molecule has 1 aromatic carbocycles. The summed E-state index contributed by atoms with van der Waals surface area (Å²) in [6, 6.07) is 8.71. The fraction of sp³-hybridized carbons (Fsp3) is 0.222. The second-order valence-electron chi connectivity index (χ2n) is 5.98. The Bertz CT molecular complexity index is 1000. The van der Waals surface area contributed by atoms with Crippen molar-refractivity contribution in [2.45, 2.75) is 19.5 Å². The van der Waals surface area contributed by atoms with Gasteiger partial charge in [-0.05, 0) is 36.2 Å². The standard InChI is InChI=1S/C18H15F2N3O2S/c1-8-7-11(15(19)20)21-18-12(8)13-14(26-18)17(24)23-16(22-13)9-3-5-10(25-2)6-4-9/h3-7,15-16,22H,1-2H3,(H,23,24). The number of fused-ring (bicyclic) bond motifs is 3. The van der Waals surface area contributed by atoms with Crippen molar-refractivity contribution < 1.29 is 18.3 Å². The minimum absolute atomic E-state index is 0.249. The Morgan fingerprint density at radius 3 is 2.62 bits per heavy atom. The molecule has 134 valence electrons. The highest BCUT2D eigenvalue weighted by Crippen LogP contribution is 2.41. The fourth-order valence-corrected chi connectivity index (χ4v) is 4.18. The summed E-state index contributed by atoms with van der Waals surface area (Å²) in [7, 11) is 1.59. The zero-order valence-electron chi connectivity index (χ0n) is 14.0. The van der Waals surface area contributed by atoms with Crippen molar-refractivity contribution in [3.05, 3.63) is 52.0 Å². The van der Waals surface area contributed by atoms with E-state index in [0.29, 0.717) is 26.3 Å². The van der Waals surface area contributed by atoms with Crippen LogP contribution in [0.4, 0.5) is 14.5 Å². The van der Waals surface area contributed by atoms with E-state index in [1.54, 1.807) is 14.0 Å². The number of methoxy groups -OCH3 is 1. The summed E-state index contributed by atoms with van der Waals surface area (Å²) in [6.07, 6.45) is -3.07. The van der Waals surface area contributed by atoms with Crippen LogP contribution in [-0.4, -0.2) is 18.0 Å². The Morgan fingerprint density at radius 2 is 1.96 bits per heavy atom. The van der Waals surface area contributed by atoms with Gasteiger partial charge in [0.2, 0.25) is 0 Å². The van der Waals surface area contributed by atoms with Gasteiger partial charge in [0.15, 0.2) is 0 Å². The van der Waals surface area contributed by atoms with E-state index in [2.05, 4.69) is 15.6 Å². The molecule has 3 heterocycles. The molecule has 1 atom stereocenters. The number of ether oxygens (including phenoxy) is 1. The van der Waals surface area contributed by atoms with Crippen LogP contribution in [0.1, 0.15) is 39.1 Å². The van der Waals surface area contributed by atoms with Crippen molar-refractivity contribution in [3.8, 4) is 5.75 Å². The van der Waals surface area contributed by atoms with Gasteiger partial charge in [-0.25, -0.2) is 13.8 Å². The maximum Gasteiger partial charge on any atom is 0.280 e. The van der Waals surface area contributed by atoms with Crippen molar-refractivity contribution in [3.63, 3.8) is 0 Å². The lowest BCUT2D eigenvalue weighted by atomic mass is 10.1. The zero-order valence-corrected chi connectivity index (χ0v) is 14.8. The Balaban J connectivity index is 1.78. The molecule has 2 aromatic heterocycles. The van der Waals surface area contributed by atoms with Crippen molar-refractivity contribution in [1.82, 2.24) is 10.3 Å². The van der Waals surface area contributed by atoms with E-state index in [1.165, 1.54) is 6.07 Å². The Hall–Kier alpha value is -2.74. The van der Waals surface area contributed by atoms with E-state index in [0.717, 1.165) is 22.6 Å². The number of aromatic nitrogens is 1. The molecule has 1 amide bonds. The number of carbonyl (C=O) groups excluding carboxylic acids is 1. The van der Waals surface area contributed by atoms with Gasteiger partial charge in [0, 0.05) is 5.39 Å². The van der Waals surface area contributed by atoms with Gasteiger partial charge >= 0.3 is 0 Å². The van der Waals surface area contributed by atoms with Crippen molar-refractivity contribution in [1.29, 1.82) is 0 Å². The molecule has 2 N–H and O–H groups in total. The Kier molecular flexibility index (Phi) is 3.99. The van der Waals surface area contributed by atoms with Gasteiger partial charge in [0.05, 0.1) is 12.8 Å². The number of hydrogen-bond acceptors (Lipinski definition) is 5. The molecule has 0 saturated heterocycles. The molecule has 0 spiro atoms. The third-order valence-electron chi connectivity index (χ3n) is 4.32. The highest BCUT2D eigenvalue weighted by molar-refractivity contribution is 7.21. The van der Waals surface area contributed by atoms with Gasteiger partial charge in [-0.15, -0.1) is 11.3 Å². The molecule has 0 saturated carbocycles. The lowest BCUT2D eigenvalue weighted by Crippen LogP contribution is -2.37. The monoisotopic (exact) mass is 375 g/mol. The van der Waals surface area contributed by atoms with Gasteiger partial charge in [-0.2, -0.15) is 0 Å². The molecule has 0 fully saturated rings. The van der Waals surface area contributed by atoms with E-state index >= 15 is 0 Å². The molecule has 0 aliphatic carbocycles. The first-order chi connectivity index (χ1) is 12.5. The molecule has 5 nitrogen and oxygen atoms in total. The molecule has 8 heteroatoms. The van der Waals surface area contributed by atoms with Crippen LogP contribution in [0.15, 0.2) is 30.3 Å². The number of nitrogens with one attached hydrogen (secondary N) is 2. The molecule has 0 bridgehead atoms. The van der Waals surface area contributed by atoms with Gasteiger partial charge in [-0.3, -0.25) is 4.79 Å². The largest absolute Gasteiger partial charge is 0.497 e. The Morgan fingerprint density at radius 1 is 1.23 bits per heavy atom. The Labute approximate surface area is 152 Å². The van der Waals surface area contributed by atoms with E-state index in [1.807, 2.05) is 24.3 Å². The van der Waals surface area contributed by atoms with E-state index in [9.17, 15) is 13.6 Å². The molecule has 4 rings (SSSR count). The number of aryl methyl sites for hydroxylation is 1. The number of rotatable bonds is 3. The predicted molar refractivity (Wildman–Crippen MR) is 96.1 cm³/mol. The number of alkyl halides is 2. The highest BCUT2D eigenvalue weighted by atomic mass is 32.1. The first-order valence-corrected chi connectivity index (χ1v) is 8.73. The number of thiophene rings is 1. The van der Waals surface area contributed by atoms with E-state index in [-0.39, 0.29) is 11.6 Å². The third-order valence-corrected chi connectivity index (χ3v) is 5.40. The number of pyridine rings is 1. The topological polar surface area (TPSA) is 63.2 Å². The van der Waals surface area contributed by atoms with Crippen molar-refractivity contribution in [2.24, 2.45) is 0 Å². The molecule has 1 aliphatic heterocycles. The molecular formula is C18H15F2N3O2S. The summed E-state index contributed by atoms with van der Waals surface area (Å²) < 4.78 is 31.2. The summed E-state index contributed by atoms with van der Waals surface area (Å²) >= 11 is 1.12. The molecule has 0 radical (unpaired) electrons. The third kappa shape index (κ3) is 2.66. The number of amides is 1. The number of anilines is 1. The lowest BCUT2D eigenvalue weighted by molar-refractivity contribution is 0.0940. The number of nitrogens with zero attached hydrogens (tertiary/aromatic N) is 1. The first-order valence-electron chi connectivity index (χ1n) is 7.91. The van der Waals surface area contributed by atoms with Crippen molar-refractivity contribution in [2.75, 3.05) is 12.4 Å². The van der Waals surface area contributed by atoms with E-state index in [4.69, 9.17) is 4.74 Å². The van der Waals surface area contributed by atoms with Crippen LogP contribution in [0.5, 0.6) is 5.75 Å². The molecular weight excluding hydrogens is 360 g/mol. The van der Waals surface area contributed by atoms with Crippen LogP contribution in [0.3, 0.4) is 0 Å². The fourth-order valence-electron chi connectivity index (χ4n) is 3.06. The van der Waals surface area contributed by atoms with Crippen LogP contribution >= 0.6 is 11.3 Å². The molecule has 26 heavy (non-hydrogen) atoms. The SMILES string of the molecule is COc1ccc(C2NC(=O)c3sc4nc(C(F)F)cc(C)c4c3N2)cc1. The summed E-state index contributed by atoms with van der Waals surface area (Å²) in [5.74, 6) is 0.470. The maximum atomic E-state index is 13.0. The van der Waals surface area contributed by atoms with Gasteiger partial charge in [-0.1, -0.05) is 12.1 Å². The number of carbonyl (C=O) groups is 1. The molecule has 1 aliphatic rings. The zero-order chi connectivity index (χ0) is 18.4. The maximum absolute atomic E-state index is 13.0. The van der Waals surface area contributed by atoms with Crippen LogP contribution in [-0.2, 0) is 0 Å². The van der Waals surface area contributed by atoms with Gasteiger partial charge < -0.3 is 15.4 Å². The summed E-state index contributed by atoms with van der Waals surface area (Å²) in [5, 5.41) is 6.90. The van der Waals surface area contributed by atoms with Gasteiger partial charge in [0.1, 0.15) is 27.3 Å². The highest BCUT2D eigenvalue weighted by Gasteiger charge is 2.30. The van der Waals surface area contributed by atoms with Gasteiger partial charge in [0.25, 0.3) is 12.3 Å². The minimum Gasteiger partial charge on any atom is -0.497 e. The second-order valence-corrected chi connectivity index (χ2v) is 6.97. The van der Waals surface area contributed by atoms with Crippen LogP contribution in [0.25, 0.3) is 10.2 Å². The molecule has 3 aromatic rings. The minimum atomic E-state index is -2.65. The quantitative estimate of drug-likeness (QED) is 0.712. The summed E-state index contributed by atoms with van der Waals surface area (Å²) in [4.78, 5) is 17.5. The normalized spacial score (nSPS) is 16.3. The van der Waals surface area contributed by atoms with Crippen LogP contribution in [0, 0.1) is 6.92 Å². The number of halogens is 2. The van der Waals surface area contributed by atoms with Crippen molar-refractivity contribution >= 4 is 33.1 Å². The summed E-state index contributed by atoms with van der Waals surface area (Å²) in [5.41, 5.74) is 1.89. The molecule has 1 unspecified atom stereocenters. The average Bonchev–Trinajstić information content (AvgIpc) is 3.01. The number of hydrogen-bond donors (Lipinski definition) is 2. The first kappa shape index (κ1) is 16.7. The average molecular weight is 375 g/mol.